The van der Waals surface area contributed by atoms with Gasteiger partial charge in [-0.15, -0.1) is 0 Å². The minimum Gasteiger partial charge on any atom is -0.480 e. The van der Waals surface area contributed by atoms with Gasteiger partial charge in [0.2, 0.25) is 0 Å². The van der Waals surface area contributed by atoms with Crippen molar-refractivity contribution < 1.29 is 19.8 Å². The topological polar surface area (TPSA) is 98.7 Å². The van der Waals surface area contributed by atoms with Crippen molar-refractivity contribution in [3.8, 4) is 0 Å². The largest absolute Gasteiger partial charge is 0.480 e. The molecule has 0 aromatic heterocycles. The standard InChI is InChI=1S/C11H22N2O4/c1-4-8(7(2)3)12-11(17)13-9(5-6-14)10(15)16/h7-9,14H,4-6H2,1-3H3,(H,15,16)(H2,12,13,17)/t8?,9-/m1/s1. The number of aliphatic carboxylic acids is 1. The molecule has 0 heterocycles. The van der Waals surface area contributed by atoms with E-state index in [1.165, 1.54) is 0 Å². The highest BCUT2D eigenvalue weighted by Crippen LogP contribution is 2.05. The summed E-state index contributed by atoms with van der Waals surface area (Å²) in [4.78, 5) is 22.3. The third kappa shape index (κ3) is 6.11. The average Bonchev–Trinajstić information content (AvgIpc) is 2.24. The second-order valence-electron chi connectivity index (χ2n) is 4.28. The van der Waals surface area contributed by atoms with E-state index in [9.17, 15) is 9.59 Å². The second kappa shape index (κ2) is 7.89. The van der Waals surface area contributed by atoms with Crippen molar-refractivity contribution in [2.75, 3.05) is 6.61 Å². The van der Waals surface area contributed by atoms with Crippen molar-refractivity contribution >= 4 is 12.0 Å². The summed E-state index contributed by atoms with van der Waals surface area (Å²) in [5.41, 5.74) is 0. The van der Waals surface area contributed by atoms with E-state index in [2.05, 4.69) is 10.6 Å². The number of aliphatic hydroxyl groups excluding tert-OH is 1. The van der Waals surface area contributed by atoms with Gasteiger partial charge >= 0.3 is 12.0 Å². The quantitative estimate of drug-likeness (QED) is 0.527. The lowest BCUT2D eigenvalue weighted by Crippen LogP contribution is -2.50. The normalized spacial score (nSPS) is 14.2. The number of carbonyl (C=O) groups is 2. The number of aliphatic hydroxyl groups is 1. The van der Waals surface area contributed by atoms with Crippen molar-refractivity contribution in [3.05, 3.63) is 0 Å². The van der Waals surface area contributed by atoms with E-state index in [0.29, 0.717) is 0 Å². The van der Waals surface area contributed by atoms with Crippen LogP contribution in [0.5, 0.6) is 0 Å². The zero-order chi connectivity index (χ0) is 13.4. The average molecular weight is 246 g/mol. The molecular weight excluding hydrogens is 224 g/mol. The zero-order valence-electron chi connectivity index (χ0n) is 10.6. The Morgan fingerprint density at radius 3 is 2.18 bits per heavy atom. The van der Waals surface area contributed by atoms with Crippen LogP contribution < -0.4 is 10.6 Å². The smallest absolute Gasteiger partial charge is 0.326 e. The summed E-state index contributed by atoms with van der Waals surface area (Å²) in [7, 11) is 0. The molecule has 0 rings (SSSR count). The van der Waals surface area contributed by atoms with Gasteiger partial charge in [-0.3, -0.25) is 0 Å². The monoisotopic (exact) mass is 246 g/mol. The lowest BCUT2D eigenvalue weighted by Gasteiger charge is -2.22. The molecule has 0 aliphatic heterocycles. The number of hydrogen-bond donors (Lipinski definition) is 4. The summed E-state index contributed by atoms with van der Waals surface area (Å²) in [6, 6.07) is -1.55. The molecule has 2 atom stereocenters. The molecule has 2 amide bonds. The van der Waals surface area contributed by atoms with Crippen molar-refractivity contribution in [2.45, 2.75) is 45.7 Å². The van der Waals surface area contributed by atoms with Gasteiger partial charge < -0.3 is 20.8 Å². The van der Waals surface area contributed by atoms with Crippen LogP contribution in [-0.2, 0) is 4.79 Å². The minimum atomic E-state index is -1.15. The van der Waals surface area contributed by atoms with Crippen LogP contribution in [0.3, 0.4) is 0 Å². The van der Waals surface area contributed by atoms with Crippen LogP contribution in [0.4, 0.5) is 4.79 Å². The fourth-order valence-corrected chi connectivity index (χ4v) is 1.49. The third-order valence-corrected chi connectivity index (χ3v) is 2.58. The van der Waals surface area contributed by atoms with Crippen LogP contribution >= 0.6 is 0 Å². The zero-order valence-corrected chi connectivity index (χ0v) is 10.6. The fraction of sp³-hybridized carbons (Fsp3) is 0.818. The molecule has 6 nitrogen and oxygen atoms in total. The van der Waals surface area contributed by atoms with E-state index in [0.717, 1.165) is 6.42 Å². The van der Waals surface area contributed by atoms with Gasteiger partial charge in [0, 0.05) is 19.1 Å². The van der Waals surface area contributed by atoms with Gasteiger partial charge in [0.25, 0.3) is 0 Å². The van der Waals surface area contributed by atoms with Gasteiger partial charge in [-0.1, -0.05) is 20.8 Å². The molecule has 0 radical (unpaired) electrons. The number of carboxylic acids is 1. The molecular formula is C11H22N2O4. The van der Waals surface area contributed by atoms with Crippen LogP contribution in [0.15, 0.2) is 0 Å². The number of carboxylic acid groups (broad SMARTS) is 1. The molecule has 100 valence electrons. The Morgan fingerprint density at radius 2 is 1.82 bits per heavy atom. The molecule has 4 N–H and O–H groups in total. The molecule has 1 unspecified atom stereocenters. The molecule has 0 aromatic rings. The first-order chi connectivity index (χ1) is 7.92. The van der Waals surface area contributed by atoms with E-state index in [1.807, 2.05) is 20.8 Å². The molecule has 0 aliphatic carbocycles. The van der Waals surface area contributed by atoms with Crippen molar-refractivity contribution in [1.82, 2.24) is 10.6 Å². The van der Waals surface area contributed by atoms with E-state index >= 15 is 0 Å². The minimum absolute atomic E-state index is 0.00121. The first-order valence-electron chi connectivity index (χ1n) is 5.83. The van der Waals surface area contributed by atoms with Gasteiger partial charge in [0.05, 0.1) is 0 Å². The van der Waals surface area contributed by atoms with E-state index in [4.69, 9.17) is 10.2 Å². The summed E-state index contributed by atoms with van der Waals surface area (Å²) in [5.74, 6) is -0.862. The van der Waals surface area contributed by atoms with Crippen molar-refractivity contribution in [3.63, 3.8) is 0 Å². The van der Waals surface area contributed by atoms with Crippen LogP contribution in [0.1, 0.15) is 33.6 Å². The maximum absolute atomic E-state index is 11.5. The molecule has 0 fully saturated rings. The summed E-state index contributed by atoms with van der Waals surface area (Å²) < 4.78 is 0. The number of nitrogens with one attached hydrogen (secondary N) is 2. The molecule has 17 heavy (non-hydrogen) atoms. The van der Waals surface area contributed by atoms with Crippen molar-refractivity contribution in [2.24, 2.45) is 5.92 Å². The maximum Gasteiger partial charge on any atom is 0.326 e. The number of hydrogen-bond acceptors (Lipinski definition) is 3. The molecule has 6 heteroatoms. The van der Waals surface area contributed by atoms with Crippen LogP contribution in [0.2, 0.25) is 0 Å². The maximum atomic E-state index is 11.5. The first kappa shape index (κ1) is 15.7. The Bertz CT molecular complexity index is 256. The highest BCUT2D eigenvalue weighted by atomic mass is 16.4. The lowest BCUT2D eigenvalue weighted by molar-refractivity contribution is -0.139. The predicted molar refractivity (Wildman–Crippen MR) is 63.7 cm³/mol. The lowest BCUT2D eigenvalue weighted by atomic mass is 10.0. The van der Waals surface area contributed by atoms with Gasteiger partial charge in [0.1, 0.15) is 6.04 Å². The highest BCUT2D eigenvalue weighted by Gasteiger charge is 2.21. The third-order valence-electron chi connectivity index (χ3n) is 2.58. The molecule has 0 aromatic carbocycles. The van der Waals surface area contributed by atoms with Gasteiger partial charge in [-0.2, -0.15) is 0 Å². The second-order valence-corrected chi connectivity index (χ2v) is 4.28. The number of urea groups is 1. The summed E-state index contributed by atoms with van der Waals surface area (Å²) in [6.45, 7) is 5.64. The SMILES string of the molecule is CCC(NC(=O)N[C@H](CCO)C(=O)O)C(C)C. The summed E-state index contributed by atoms with van der Waals surface area (Å²) in [6.07, 6.45) is 0.782. The van der Waals surface area contributed by atoms with Crippen LogP contribution in [-0.4, -0.2) is 40.9 Å². The Labute approximate surface area is 101 Å². The predicted octanol–water partition coefficient (Wildman–Crippen LogP) is 0.556. The summed E-state index contributed by atoms with van der Waals surface area (Å²) in [5, 5.41) is 22.5. The van der Waals surface area contributed by atoms with Crippen LogP contribution in [0.25, 0.3) is 0 Å². The Kier molecular flexibility index (Phi) is 7.29. The number of amides is 2. The van der Waals surface area contributed by atoms with E-state index < -0.39 is 18.0 Å². The number of carbonyl (C=O) groups excluding carboxylic acids is 1. The fourth-order valence-electron chi connectivity index (χ4n) is 1.49. The van der Waals surface area contributed by atoms with E-state index in [1.54, 1.807) is 0 Å². The van der Waals surface area contributed by atoms with Gasteiger partial charge in [-0.05, 0) is 12.3 Å². The molecule has 0 saturated heterocycles. The van der Waals surface area contributed by atoms with Crippen molar-refractivity contribution in [1.29, 1.82) is 0 Å². The molecule has 0 saturated carbocycles. The molecule has 0 aliphatic rings. The Hall–Kier alpha value is -1.30. The van der Waals surface area contributed by atoms with Gasteiger partial charge in [0.15, 0.2) is 0 Å². The van der Waals surface area contributed by atoms with Gasteiger partial charge in [-0.25, -0.2) is 9.59 Å². The first-order valence-corrected chi connectivity index (χ1v) is 5.83. The molecule has 0 bridgehead atoms. The summed E-state index contributed by atoms with van der Waals surface area (Å²) >= 11 is 0. The Balaban J connectivity index is 4.26. The highest BCUT2D eigenvalue weighted by molar-refractivity contribution is 5.82. The Morgan fingerprint density at radius 1 is 1.24 bits per heavy atom. The van der Waals surface area contributed by atoms with Crippen LogP contribution in [0, 0.1) is 5.92 Å². The number of rotatable bonds is 7. The molecule has 0 spiro atoms. The van der Waals surface area contributed by atoms with E-state index in [-0.39, 0.29) is 25.0 Å².